The molecule has 0 aliphatic rings. The summed E-state index contributed by atoms with van der Waals surface area (Å²) < 4.78 is 0. The highest BCUT2D eigenvalue weighted by Crippen LogP contribution is 1.94. The Bertz CT molecular complexity index is 118. The molecule has 1 N–H and O–H groups in total. The van der Waals surface area contributed by atoms with Crippen LogP contribution >= 0.6 is 0 Å². The summed E-state index contributed by atoms with van der Waals surface area (Å²) in [5.41, 5.74) is 0. The number of unbranched alkanes of at least 4 members (excludes halogenated alkanes) is 1. The third kappa shape index (κ3) is 5.65. The highest BCUT2D eigenvalue weighted by molar-refractivity contribution is 4.99. The molecule has 0 saturated heterocycles. The topological polar surface area (TPSA) is 20.2 Å². The first-order valence-corrected chi connectivity index (χ1v) is 3.95. The van der Waals surface area contributed by atoms with Crippen molar-refractivity contribution in [2.24, 2.45) is 0 Å². The van der Waals surface area contributed by atoms with Crippen molar-refractivity contribution in [3.63, 3.8) is 0 Å². The van der Waals surface area contributed by atoms with Gasteiger partial charge in [-0.3, -0.25) is 0 Å². The van der Waals surface area contributed by atoms with Crippen molar-refractivity contribution >= 4 is 0 Å². The smallest absolute Gasteiger partial charge is 0.0646 e. The molecule has 1 heteroatoms. The maximum absolute atomic E-state index is 9.05. The molecule has 1 atom stereocenters. The summed E-state index contributed by atoms with van der Waals surface area (Å²) in [6.07, 6.45) is 3.28. The lowest BCUT2D eigenvalue weighted by Crippen LogP contribution is -2.01. The van der Waals surface area contributed by atoms with Gasteiger partial charge in [-0.1, -0.05) is 13.8 Å². The molecule has 0 aromatic carbocycles. The lowest BCUT2D eigenvalue weighted by atomic mass is 10.2. The molecular formula is C9H16O. The predicted molar refractivity (Wildman–Crippen MR) is 43.6 cm³/mol. The van der Waals surface area contributed by atoms with Gasteiger partial charge in [-0.15, -0.1) is 11.8 Å². The van der Waals surface area contributed by atoms with Crippen LogP contribution < -0.4 is 0 Å². The summed E-state index contributed by atoms with van der Waals surface area (Å²) in [4.78, 5) is 0. The molecule has 0 spiro atoms. The van der Waals surface area contributed by atoms with Crippen molar-refractivity contribution in [2.75, 3.05) is 0 Å². The van der Waals surface area contributed by atoms with Crippen LogP contribution in [0.15, 0.2) is 0 Å². The van der Waals surface area contributed by atoms with Crippen LogP contribution in [0.4, 0.5) is 0 Å². The summed E-state index contributed by atoms with van der Waals surface area (Å²) in [6.45, 7) is 4.07. The molecule has 0 aliphatic heterocycles. The largest absolute Gasteiger partial charge is 0.392 e. The fourth-order valence-electron chi connectivity index (χ4n) is 0.548. The van der Waals surface area contributed by atoms with E-state index in [4.69, 9.17) is 5.11 Å². The first-order chi connectivity index (χ1) is 4.81. The molecule has 0 fully saturated rings. The Morgan fingerprint density at radius 3 is 2.50 bits per heavy atom. The fraction of sp³-hybridized carbons (Fsp3) is 0.778. The Morgan fingerprint density at radius 1 is 1.30 bits per heavy atom. The summed E-state index contributed by atoms with van der Waals surface area (Å²) in [5, 5.41) is 9.05. The molecular weight excluding hydrogens is 124 g/mol. The second kappa shape index (κ2) is 6.64. The molecule has 0 rings (SSSR count). The van der Waals surface area contributed by atoms with Gasteiger partial charge in [0, 0.05) is 12.8 Å². The standard InChI is InChI=1S/C9H16O/c1-3-5-6-7-8-9(10)4-2/h9-10H,3-5,8H2,1-2H3. The zero-order chi connectivity index (χ0) is 7.82. The van der Waals surface area contributed by atoms with Crippen LogP contribution in [0.1, 0.15) is 39.5 Å². The van der Waals surface area contributed by atoms with Crippen LogP contribution in [0.25, 0.3) is 0 Å². The van der Waals surface area contributed by atoms with Crippen LogP contribution in [0.5, 0.6) is 0 Å². The Labute approximate surface area is 63.5 Å². The van der Waals surface area contributed by atoms with E-state index >= 15 is 0 Å². The minimum absolute atomic E-state index is 0.218. The SMILES string of the molecule is CCCC#CCC(O)CC. The Balaban J connectivity index is 3.26. The van der Waals surface area contributed by atoms with Gasteiger partial charge in [0.25, 0.3) is 0 Å². The van der Waals surface area contributed by atoms with E-state index < -0.39 is 0 Å². The van der Waals surface area contributed by atoms with Gasteiger partial charge in [-0.05, 0) is 12.8 Å². The molecule has 0 radical (unpaired) electrons. The molecule has 0 saturated carbocycles. The van der Waals surface area contributed by atoms with Crippen LogP contribution in [-0.2, 0) is 0 Å². The van der Waals surface area contributed by atoms with E-state index in [9.17, 15) is 0 Å². The van der Waals surface area contributed by atoms with E-state index in [-0.39, 0.29) is 6.10 Å². The molecule has 10 heavy (non-hydrogen) atoms. The zero-order valence-corrected chi connectivity index (χ0v) is 6.85. The fourth-order valence-corrected chi connectivity index (χ4v) is 0.548. The van der Waals surface area contributed by atoms with E-state index in [2.05, 4.69) is 18.8 Å². The van der Waals surface area contributed by atoms with Gasteiger partial charge in [-0.2, -0.15) is 0 Å². The molecule has 0 bridgehead atoms. The van der Waals surface area contributed by atoms with Crippen LogP contribution in [0.2, 0.25) is 0 Å². The van der Waals surface area contributed by atoms with Crippen molar-refractivity contribution in [3.8, 4) is 11.8 Å². The van der Waals surface area contributed by atoms with Gasteiger partial charge in [0.15, 0.2) is 0 Å². The number of hydrogen-bond acceptors (Lipinski definition) is 1. The van der Waals surface area contributed by atoms with Crippen LogP contribution in [-0.4, -0.2) is 11.2 Å². The maximum Gasteiger partial charge on any atom is 0.0646 e. The van der Waals surface area contributed by atoms with Gasteiger partial charge in [0.2, 0.25) is 0 Å². The summed E-state index contributed by atoms with van der Waals surface area (Å²) >= 11 is 0. The number of aliphatic hydroxyl groups is 1. The summed E-state index contributed by atoms with van der Waals surface area (Å²) in [7, 11) is 0. The zero-order valence-electron chi connectivity index (χ0n) is 6.85. The van der Waals surface area contributed by atoms with E-state index in [0.29, 0.717) is 6.42 Å². The van der Waals surface area contributed by atoms with Gasteiger partial charge >= 0.3 is 0 Å². The Hall–Kier alpha value is -0.480. The minimum atomic E-state index is -0.218. The van der Waals surface area contributed by atoms with Crippen molar-refractivity contribution in [3.05, 3.63) is 0 Å². The summed E-state index contributed by atoms with van der Waals surface area (Å²) in [6, 6.07) is 0. The molecule has 0 amide bonds. The molecule has 0 aliphatic carbocycles. The van der Waals surface area contributed by atoms with Crippen molar-refractivity contribution in [1.29, 1.82) is 0 Å². The highest BCUT2D eigenvalue weighted by atomic mass is 16.3. The van der Waals surface area contributed by atoms with Crippen molar-refractivity contribution in [2.45, 2.75) is 45.6 Å². The predicted octanol–water partition coefficient (Wildman–Crippen LogP) is 1.95. The second-order valence-corrected chi connectivity index (χ2v) is 2.37. The maximum atomic E-state index is 9.05. The third-order valence-corrected chi connectivity index (χ3v) is 1.31. The van der Waals surface area contributed by atoms with Gasteiger partial charge in [0.05, 0.1) is 6.10 Å². The average molecular weight is 140 g/mol. The second-order valence-electron chi connectivity index (χ2n) is 2.37. The quantitative estimate of drug-likeness (QED) is 0.594. The highest BCUT2D eigenvalue weighted by Gasteiger charge is 1.94. The van der Waals surface area contributed by atoms with Crippen molar-refractivity contribution < 1.29 is 5.11 Å². The Morgan fingerprint density at radius 2 is 2.00 bits per heavy atom. The van der Waals surface area contributed by atoms with Gasteiger partial charge < -0.3 is 5.11 Å². The van der Waals surface area contributed by atoms with Crippen LogP contribution in [0.3, 0.4) is 0 Å². The molecule has 0 heterocycles. The number of hydrogen-bond donors (Lipinski definition) is 1. The number of rotatable bonds is 3. The average Bonchev–Trinajstić information content (AvgIpc) is 1.98. The van der Waals surface area contributed by atoms with Gasteiger partial charge in [0.1, 0.15) is 0 Å². The summed E-state index contributed by atoms with van der Waals surface area (Å²) in [5.74, 6) is 5.93. The molecule has 1 nitrogen and oxygen atoms in total. The lowest BCUT2D eigenvalue weighted by Gasteiger charge is -1.98. The first kappa shape index (κ1) is 9.52. The molecule has 0 aromatic rings. The molecule has 0 aromatic heterocycles. The monoisotopic (exact) mass is 140 g/mol. The van der Waals surface area contributed by atoms with E-state index in [0.717, 1.165) is 19.3 Å². The van der Waals surface area contributed by atoms with Gasteiger partial charge in [-0.25, -0.2) is 0 Å². The third-order valence-electron chi connectivity index (χ3n) is 1.31. The van der Waals surface area contributed by atoms with E-state index in [1.807, 2.05) is 6.92 Å². The Kier molecular flexibility index (Phi) is 6.32. The molecule has 1 unspecified atom stereocenters. The normalized spacial score (nSPS) is 11.9. The first-order valence-electron chi connectivity index (χ1n) is 3.95. The number of aliphatic hydroxyl groups excluding tert-OH is 1. The lowest BCUT2D eigenvalue weighted by molar-refractivity contribution is 0.176. The minimum Gasteiger partial charge on any atom is -0.392 e. The van der Waals surface area contributed by atoms with Crippen LogP contribution in [0, 0.1) is 11.8 Å². The van der Waals surface area contributed by atoms with E-state index in [1.165, 1.54) is 0 Å². The van der Waals surface area contributed by atoms with E-state index in [1.54, 1.807) is 0 Å². The molecule has 58 valence electrons. The van der Waals surface area contributed by atoms with Crippen molar-refractivity contribution in [1.82, 2.24) is 0 Å².